The summed E-state index contributed by atoms with van der Waals surface area (Å²) in [5.74, 6) is 0. The lowest BCUT2D eigenvalue weighted by Crippen LogP contribution is -2.23. The SMILES string of the molecule is C[C@@H](NC1CCc2cc(C(C)(C)C)ccc21)c1ccccc1. The van der Waals surface area contributed by atoms with Crippen molar-refractivity contribution in [3.8, 4) is 0 Å². The van der Waals surface area contributed by atoms with E-state index in [4.69, 9.17) is 0 Å². The smallest absolute Gasteiger partial charge is 0.0331 e. The van der Waals surface area contributed by atoms with E-state index in [0.717, 1.165) is 0 Å². The first-order chi connectivity index (χ1) is 10.4. The van der Waals surface area contributed by atoms with Gasteiger partial charge in [-0.3, -0.25) is 0 Å². The molecule has 1 heteroatoms. The predicted molar refractivity (Wildman–Crippen MR) is 94.2 cm³/mol. The zero-order valence-electron chi connectivity index (χ0n) is 14.2. The Kier molecular flexibility index (Phi) is 4.10. The lowest BCUT2D eigenvalue weighted by Gasteiger charge is -2.23. The lowest BCUT2D eigenvalue weighted by molar-refractivity contribution is 0.465. The van der Waals surface area contributed by atoms with E-state index in [1.165, 1.54) is 35.1 Å². The minimum atomic E-state index is 0.234. The van der Waals surface area contributed by atoms with Crippen LogP contribution in [0.15, 0.2) is 48.5 Å². The molecule has 1 aliphatic rings. The van der Waals surface area contributed by atoms with E-state index in [9.17, 15) is 0 Å². The van der Waals surface area contributed by atoms with Gasteiger partial charge in [0.05, 0.1) is 0 Å². The van der Waals surface area contributed by atoms with Crippen LogP contribution < -0.4 is 5.32 Å². The van der Waals surface area contributed by atoms with E-state index in [1.807, 2.05) is 0 Å². The Bertz CT molecular complexity index is 637. The second-order valence-corrected chi connectivity index (χ2v) is 7.55. The van der Waals surface area contributed by atoms with Gasteiger partial charge in [0, 0.05) is 12.1 Å². The fourth-order valence-electron chi connectivity index (χ4n) is 3.40. The van der Waals surface area contributed by atoms with Crippen LogP contribution >= 0.6 is 0 Å². The van der Waals surface area contributed by atoms with E-state index >= 15 is 0 Å². The summed E-state index contributed by atoms with van der Waals surface area (Å²) >= 11 is 0. The number of hydrogen-bond acceptors (Lipinski definition) is 1. The summed E-state index contributed by atoms with van der Waals surface area (Å²) in [6, 6.07) is 18.7. The highest BCUT2D eigenvalue weighted by Crippen LogP contribution is 2.35. The van der Waals surface area contributed by atoms with Crippen molar-refractivity contribution in [2.24, 2.45) is 0 Å². The average molecular weight is 293 g/mol. The van der Waals surface area contributed by atoms with Crippen LogP contribution in [0.4, 0.5) is 0 Å². The number of hydrogen-bond donors (Lipinski definition) is 1. The van der Waals surface area contributed by atoms with Crippen molar-refractivity contribution >= 4 is 0 Å². The Morgan fingerprint density at radius 2 is 1.77 bits per heavy atom. The van der Waals surface area contributed by atoms with Gasteiger partial charge in [0.25, 0.3) is 0 Å². The summed E-state index contributed by atoms with van der Waals surface area (Å²) in [4.78, 5) is 0. The van der Waals surface area contributed by atoms with E-state index in [2.05, 4.69) is 81.5 Å². The molecule has 2 aromatic rings. The van der Waals surface area contributed by atoms with Crippen LogP contribution in [-0.4, -0.2) is 0 Å². The number of fused-ring (bicyclic) bond motifs is 1. The number of nitrogens with one attached hydrogen (secondary N) is 1. The van der Waals surface area contributed by atoms with Gasteiger partial charge in [-0.2, -0.15) is 0 Å². The van der Waals surface area contributed by atoms with Crippen molar-refractivity contribution in [3.05, 3.63) is 70.8 Å². The molecule has 2 aromatic carbocycles. The number of benzene rings is 2. The minimum absolute atomic E-state index is 0.234. The van der Waals surface area contributed by atoms with Crippen LogP contribution in [-0.2, 0) is 11.8 Å². The summed E-state index contributed by atoms with van der Waals surface area (Å²) in [7, 11) is 0. The first kappa shape index (κ1) is 15.3. The van der Waals surface area contributed by atoms with Crippen LogP contribution in [0.1, 0.15) is 68.5 Å². The molecule has 0 radical (unpaired) electrons. The molecule has 0 heterocycles. The molecule has 0 spiro atoms. The van der Waals surface area contributed by atoms with Gasteiger partial charge in [-0.15, -0.1) is 0 Å². The third-order valence-corrected chi connectivity index (χ3v) is 4.84. The third kappa shape index (κ3) is 3.10. The topological polar surface area (TPSA) is 12.0 Å². The summed E-state index contributed by atoms with van der Waals surface area (Å²) in [5, 5.41) is 3.81. The molecule has 0 fully saturated rings. The van der Waals surface area contributed by atoms with E-state index in [1.54, 1.807) is 0 Å². The molecule has 0 saturated carbocycles. The molecule has 22 heavy (non-hydrogen) atoms. The third-order valence-electron chi connectivity index (χ3n) is 4.84. The quantitative estimate of drug-likeness (QED) is 0.807. The monoisotopic (exact) mass is 293 g/mol. The van der Waals surface area contributed by atoms with E-state index in [-0.39, 0.29) is 5.41 Å². The van der Waals surface area contributed by atoms with Crippen LogP contribution in [0, 0.1) is 0 Å². The maximum atomic E-state index is 3.81. The summed E-state index contributed by atoms with van der Waals surface area (Å²) in [5.41, 5.74) is 6.07. The number of aryl methyl sites for hydroxylation is 1. The maximum absolute atomic E-state index is 3.81. The Morgan fingerprint density at radius 1 is 1.05 bits per heavy atom. The van der Waals surface area contributed by atoms with Gasteiger partial charge in [0.15, 0.2) is 0 Å². The van der Waals surface area contributed by atoms with Crippen LogP contribution in [0.25, 0.3) is 0 Å². The van der Waals surface area contributed by atoms with E-state index in [0.29, 0.717) is 12.1 Å². The van der Waals surface area contributed by atoms with E-state index < -0.39 is 0 Å². The zero-order chi connectivity index (χ0) is 15.7. The standard InChI is InChI=1S/C21H27N/c1-15(16-8-6-5-7-9-16)22-20-13-10-17-14-18(21(2,3)4)11-12-19(17)20/h5-9,11-12,14-15,20,22H,10,13H2,1-4H3/t15-,20?/m1/s1. The predicted octanol–water partition coefficient (Wildman–Crippen LogP) is 5.32. The normalized spacial score (nSPS) is 19.0. The molecule has 0 bridgehead atoms. The Labute approximate surface area is 134 Å². The van der Waals surface area contributed by atoms with Gasteiger partial charge in [-0.1, -0.05) is 69.3 Å². The molecule has 2 atom stereocenters. The Balaban J connectivity index is 1.77. The second kappa shape index (κ2) is 5.89. The van der Waals surface area contributed by atoms with Gasteiger partial charge in [-0.05, 0) is 47.4 Å². The fourth-order valence-corrected chi connectivity index (χ4v) is 3.40. The molecule has 1 unspecified atom stereocenters. The largest absolute Gasteiger partial charge is 0.303 e. The molecule has 0 saturated heterocycles. The highest BCUT2D eigenvalue weighted by atomic mass is 14.9. The van der Waals surface area contributed by atoms with Gasteiger partial charge in [0.2, 0.25) is 0 Å². The molecule has 1 N–H and O–H groups in total. The highest BCUT2D eigenvalue weighted by Gasteiger charge is 2.25. The molecule has 0 amide bonds. The molecular weight excluding hydrogens is 266 g/mol. The van der Waals surface area contributed by atoms with Crippen LogP contribution in [0.3, 0.4) is 0 Å². The average Bonchev–Trinajstić information content (AvgIpc) is 2.89. The molecule has 0 aromatic heterocycles. The van der Waals surface area contributed by atoms with Gasteiger partial charge < -0.3 is 5.32 Å². The Morgan fingerprint density at radius 3 is 2.45 bits per heavy atom. The first-order valence-electron chi connectivity index (χ1n) is 8.39. The molecular formula is C21H27N. The molecule has 1 nitrogen and oxygen atoms in total. The summed E-state index contributed by atoms with van der Waals surface area (Å²) in [6.07, 6.45) is 2.40. The van der Waals surface area contributed by atoms with Crippen molar-refractivity contribution in [2.75, 3.05) is 0 Å². The van der Waals surface area contributed by atoms with Crippen molar-refractivity contribution in [3.63, 3.8) is 0 Å². The van der Waals surface area contributed by atoms with Crippen molar-refractivity contribution < 1.29 is 0 Å². The highest BCUT2D eigenvalue weighted by molar-refractivity contribution is 5.40. The molecule has 0 aliphatic heterocycles. The second-order valence-electron chi connectivity index (χ2n) is 7.55. The molecule has 3 rings (SSSR count). The fraction of sp³-hybridized carbons (Fsp3) is 0.429. The van der Waals surface area contributed by atoms with Gasteiger partial charge >= 0.3 is 0 Å². The van der Waals surface area contributed by atoms with Crippen LogP contribution in [0.5, 0.6) is 0 Å². The zero-order valence-corrected chi connectivity index (χ0v) is 14.2. The van der Waals surface area contributed by atoms with Crippen LogP contribution in [0.2, 0.25) is 0 Å². The minimum Gasteiger partial charge on any atom is -0.303 e. The molecule has 1 aliphatic carbocycles. The van der Waals surface area contributed by atoms with Gasteiger partial charge in [-0.25, -0.2) is 0 Å². The maximum Gasteiger partial charge on any atom is 0.0331 e. The Hall–Kier alpha value is -1.60. The van der Waals surface area contributed by atoms with Crippen molar-refractivity contribution in [1.29, 1.82) is 0 Å². The van der Waals surface area contributed by atoms with Crippen molar-refractivity contribution in [2.45, 2.75) is 58.0 Å². The van der Waals surface area contributed by atoms with Gasteiger partial charge in [0.1, 0.15) is 0 Å². The lowest BCUT2D eigenvalue weighted by atomic mass is 9.85. The van der Waals surface area contributed by atoms with Crippen molar-refractivity contribution in [1.82, 2.24) is 5.32 Å². The first-order valence-corrected chi connectivity index (χ1v) is 8.39. The summed E-state index contributed by atoms with van der Waals surface area (Å²) < 4.78 is 0. The summed E-state index contributed by atoms with van der Waals surface area (Å²) in [6.45, 7) is 9.13. The molecule has 116 valence electrons. The number of rotatable bonds is 3.